The Labute approximate surface area is 171 Å². The number of halogens is 1. The fourth-order valence-electron chi connectivity index (χ4n) is 3.33. The van der Waals surface area contributed by atoms with Crippen molar-refractivity contribution in [2.24, 2.45) is 11.1 Å². The fourth-order valence-corrected chi connectivity index (χ4v) is 4.58. The zero-order valence-corrected chi connectivity index (χ0v) is 17.8. The second-order valence-corrected chi connectivity index (χ2v) is 8.79. The van der Waals surface area contributed by atoms with Crippen LogP contribution < -0.4 is 0 Å². The largest absolute Gasteiger partial charge is 0.511 e. The van der Waals surface area contributed by atoms with Crippen molar-refractivity contribution in [1.82, 2.24) is 0 Å². The molecule has 0 fully saturated rings. The van der Waals surface area contributed by atoms with Crippen molar-refractivity contribution in [3.63, 3.8) is 0 Å². The molecule has 0 aliphatic heterocycles. The van der Waals surface area contributed by atoms with E-state index in [4.69, 9.17) is 16.4 Å². The van der Waals surface area contributed by atoms with Crippen LogP contribution in [-0.4, -0.2) is 28.5 Å². The van der Waals surface area contributed by atoms with E-state index in [2.05, 4.69) is 12.1 Å². The summed E-state index contributed by atoms with van der Waals surface area (Å²) in [6.45, 7) is 6.46. The number of carbonyl (C=O) groups excluding carboxylic acids is 1. The number of thioether (sulfide) groups is 1. The number of hydrogen-bond acceptors (Lipinski definition) is 5. The standard InChI is InChI=1S/C21H28ClNO3S/c1-4-6-18(23-26-5-2)21-19(24)12-15(13-20(21)25)11-14(3)27-17-9-7-16(22)8-10-17/h7-10,14-15,24H,4-6,11-13H2,1-3H3. The van der Waals surface area contributed by atoms with Gasteiger partial charge < -0.3 is 9.94 Å². The third-order valence-corrected chi connectivity index (χ3v) is 5.81. The predicted molar refractivity (Wildman–Crippen MR) is 113 cm³/mol. The number of Topliss-reactive ketones (excluding diaryl/α,β-unsaturated/α-hetero) is 1. The molecule has 0 amide bonds. The number of carbonyl (C=O) groups is 1. The first-order valence-electron chi connectivity index (χ1n) is 9.51. The molecular formula is C21H28ClNO3S. The van der Waals surface area contributed by atoms with E-state index in [1.807, 2.05) is 38.1 Å². The van der Waals surface area contributed by atoms with Gasteiger partial charge in [0.05, 0.1) is 11.3 Å². The van der Waals surface area contributed by atoms with Crippen LogP contribution >= 0.6 is 23.4 Å². The summed E-state index contributed by atoms with van der Waals surface area (Å²) in [6.07, 6.45) is 3.29. The van der Waals surface area contributed by atoms with Crippen LogP contribution in [0.2, 0.25) is 5.02 Å². The Morgan fingerprint density at radius 2 is 2.04 bits per heavy atom. The number of rotatable bonds is 9. The number of oxime groups is 1. The molecule has 1 aliphatic rings. The molecule has 4 nitrogen and oxygen atoms in total. The quantitative estimate of drug-likeness (QED) is 0.300. The van der Waals surface area contributed by atoms with Gasteiger partial charge in [-0.3, -0.25) is 4.79 Å². The first-order valence-corrected chi connectivity index (χ1v) is 10.8. The van der Waals surface area contributed by atoms with E-state index in [1.165, 1.54) is 0 Å². The Morgan fingerprint density at radius 1 is 1.33 bits per heavy atom. The maximum Gasteiger partial charge on any atom is 0.168 e. The first kappa shape index (κ1) is 21.8. The molecule has 27 heavy (non-hydrogen) atoms. The lowest BCUT2D eigenvalue weighted by atomic mass is 9.82. The molecule has 148 valence electrons. The van der Waals surface area contributed by atoms with E-state index >= 15 is 0 Å². The average molecular weight is 410 g/mol. The Morgan fingerprint density at radius 3 is 2.63 bits per heavy atom. The molecule has 1 aliphatic carbocycles. The van der Waals surface area contributed by atoms with Gasteiger partial charge in [0, 0.05) is 28.0 Å². The molecule has 2 atom stereocenters. The van der Waals surface area contributed by atoms with E-state index in [1.54, 1.807) is 11.8 Å². The van der Waals surface area contributed by atoms with Crippen molar-refractivity contribution >= 4 is 34.9 Å². The van der Waals surface area contributed by atoms with Crippen LogP contribution in [0.1, 0.15) is 52.9 Å². The third kappa shape index (κ3) is 6.58. The molecule has 0 bridgehead atoms. The van der Waals surface area contributed by atoms with Crippen LogP contribution in [0, 0.1) is 5.92 Å². The van der Waals surface area contributed by atoms with Gasteiger partial charge in [0.2, 0.25) is 0 Å². The lowest BCUT2D eigenvalue weighted by Gasteiger charge is -2.26. The molecule has 0 spiro atoms. The first-order chi connectivity index (χ1) is 12.9. The van der Waals surface area contributed by atoms with E-state index in [-0.39, 0.29) is 17.5 Å². The third-order valence-electron chi connectivity index (χ3n) is 4.42. The molecule has 1 N–H and O–H groups in total. The summed E-state index contributed by atoms with van der Waals surface area (Å²) in [6, 6.07) is 7.78. The van der Waals surface area contributed by atoms with Crippen molar-refractivity contribution in [1.29, 1.82) is 0 Å². The summed E-state index contributed by atoms with van der Waals surface area (Å²) < 4.78 is 0. The van der Waals surface area contributed by atoms with Gasteiger partial charge in [0.15, 0.2) is 5.78 Å². The van der Waals surface area contributed by atoms with Gasteiger partial charge in [-0.1, -0.05) is 37.0 Å². The molecule has 0 aromatic heterocycles. The Kier molecular flexibility index (Phi) is 8.71. The van der Waals surface area contributed by atoms with Crippen LogP contribution in [0.25, 0.3) is 0 Å². The number of allylic oxidation sites excluding steroid dienone is 2. The lowest BCUT2D eigenvalue weighted by Crippen LogP contribution is -2.26. The number of ketones is 1. The Bertz CT molecular complexity index is 700. The van der Waals surface area contributed by atoms with Gasteiger partial charge in [0.25, 0.3) is 0 Å². The van der Waals surface area contributed by atoms with E-state index < -0.39 is 0 Å². The Hall–Kier alpha value is -1.46. The Balaban J connectivity index is 2.03. The van der Waals surface area contributed by atoms with Crippen LogP contribution in [0.3, 0.4) is 0 Å². The van der Waals surface area contributed by atoms with Gasteiger partial charge in [0.1, 0.15) is 12.4 Å². The molecule has 1 aromatic rings. The summed E-state index contributed by atoms with van der Waals surface area (Å²) in [5, 5.41) is 15.7. The summed E-state index contributed by atoms with van der Waals surface area (Å²) in [4.78, 5) is 19.0. The van der Waals surface area contributed by atoms with Crippen LogP contribution in [0.15, 0.2) is 45.6 Å². The van der Waals surface area contributed by atoms with Gasteiger partial charge in [-0.25, -0.2) is 0 Å². The second-order valence-electron chi connectivity index (χ2n) is 6.84. The molecule has 0 heterocycles. The molecule has 6 heteroatoms. The highest BCUT2D eigenvalue weighted by Gasteiger charge is 2.31. The van der Waals surface area contributed by atoms with Crippen molar-refractivity contribution in [3.05, 3.63) is 40.6 Å². The van der Waals surface area contributed by atoms with Crippen molar-refractivity contribution in [2.45, 2.75) is 63.0 Å². The smallest absolute Gasteiger partial charge is 0.168 e. The lowest BCUT2D eigenvalue weighted by molar-refractivity contribution is -0.116. The number of hydrogen-bond donors (Lipinski definition) is 1. The summed E-state index contributed by atoms with van der Waals surface area (Å²) in [5.74, 6) is 0.275. The van der Waals surface area contributed by atoms with Crippen LogP contribution in [0.4, 0.5) is 0 Å². The normalized spacial score (nSPS) is 19.3. The number of benzene rings is 1. The SMILES string of the molecule is CCCC(=NOCC)C1=C(O)CC(CC(C)Sc2ccc(Cl)cc2)CC1=O. The molecule has 0 saturated carbocycles. The van der Waals surface area contributed by atoms with Gasteiger partial charge in [-0.2, -0.15) is 0 Å². The molecule has 1 aromatic carbocycles. The van der Waals surface area contributed by atoms with Crippen molar-refractivity contribution in [2.75, 3.05) is 6.61 Å². The minimum Gasteiger partial charge on any atom is -0.511 e. The highest BCUT2D eigenvalue weighted by atomic mass is 35.5. The van der Waals surface area contributed by atoms with E-state index in [0.29, 0.717) is 42.4 Å². The average Bonchev–Trinajstić information content (AvgIpc) is 2.61. The van der Waals surface area contributed by atoms with Crippen LogP contribution in [-0.2, 0) is 9.63 Å². The molecule has 2 unspecified atom stereocenters. The molecule has 0 radical (unpaired) electrons. The topological polar surface area (TPSA) is 58.9 Å². The summed E-state index contributed by atoms with van der Waals surface area (Å²) >= 11 is 7.69. The zero-order chi connectivity index (χ0) is 19.8. The summed E-state index contributed by atoms with van der Waals surface area (Å²) in [7, 11) is 0. The maximum absolute atomic E-state index is 12.7. The molecular weight excluding hydrogens is 382 g/mol. The maximum atomic E-state index is 12.7. The monoisotopic (exact) mass is 409 g/mol. The fraction of sp³-hybridized carbons (Fsp3) is 0.524. The number of aliphatic hydroxyl groups is 1. The van der Waals surface area contributed by atoms with Gasteiger partial charge in [-0.15, -0.1) is 11.8 Å². The van der Waals surface area contributed by atoms with Crippen LogP contribution in [0.5, 0.6) is 0 Å². The highest BCUT2D eigenvalue weighted by Crippen LogP contribution is 2.35. The van der Waals surface area contributed by atoms with Crippen molar-refractivity contribution in [3.8, 4) is 0 Å². The van der Waals surface area contributed by atoms with Crippen molar-refractivity contribution < 1.29 is 14.7 Å². The second kappa shape index (κ2) is 10.8. The van der Waals surface area contributed by atoms with Gasteiger partial charge in [-0.05, 0) is 49.9 Å². The highest BCUT2D eigenvalue weighted by molar-refractivity contribution is 7.99. The minimum atomic E-state index is -0.0284. The molecule has 2 rings (SSSR count). The minimum absolute atomic E-state index is 0.0284. The summed E-state index contributed by atoms with van der Waals surface area (Å²) in [5.41, 5.74) is 0.948. The number of aliphatic hydroxyl groups excluding tert-OH is 1. The van der Waals surface area contributed by atoms with Gasteiger partial charge >= 0.3 is 0 Å². The zero-order valence-electron chi connectivity index (χ0n) is 16.2. The number of nitrogens with zero attached hydrogens (tertiary/aromatic N) is 1. The predicted octanol–water partition coefficient (Wildman–Crippen LogP) is 6.19. The van der Waals surface area contributed by atoms with E-state index in [0.717, 1.165) is 22.8 Å². The molecule has 0 saturated heterocycles. The van der Waals surface area contributed by atoms with E-state index in [9.17, 15) is 9.90 Å².